The van der Waals surface area contributed by atoms with Crippen LogP contribution in [-0.2, 0) is 11.2 Å². The van der Waals surface area contributed by atoms with Crippen molar-refractivity contribution in [2.75, 3.05) is 6.54 Å². The molecule has 2 amide bonds. The fourth-order valence-electron chi connectivity index (χ4n) is 4.47. The zero-order chi connectivity index (χ0) is 22.6. The molecule has 2 unspecified atom stereocenters. The molecular weight excluding hydrogens is 414 g/mol. The van der Waals surface area contributed by atoms with Crippen LogP contribution in [0.1, 0.15) is 52.0 Å². The number of aromatic amines is 1. The fourth-order valence-corrected chi connectivity index (χ4v) is 4.47. The lowest BCUT2D eigenvalue weighted by Crippen LogP contribution is -2.40. The van der Waals surface area contributed by atoms with Gasteiger partial charge in [-0.2, -0.15) is 5.10 Å². The van der Waals surface area contributed by atoms with Crippen LogP contribution >= 0.6 is 0 Å². The molecule has 4 aromatic rings. The van der Waals surface area contributed by atoms with Gasteiger partial charge in [-0.1, -0.05) is 36.4 Å². The first-order chi connectivity index (χ1) is 16.2. The highest BCUT2D eigenvalue weighted by atomic mass is 16.2. The number of hydrogen-bond acceptors (Lipinski definition) is 4. The molecule has 0 bridgehead atoms. The molecule has 0 aliphatic heterocycles. The maximum absolute atomic E-state index is 13.1. The standard InChI is InChI=1S/C26H25N5O2/c32-25(21-8-4-12-27-14-21)30-23(19-11-10-17-5-1-2-6-18(17)13-19)16-28-26(33)22-9-3-7-20-15-29-31-24(20)22/h1-2,4-6,8,10-15,22-23H,3,7,9,16H2,(H,28,33)(H,29,31)(H,30,32). The van der Waals surface area contributed by atoms with E-state index >= 15 is 0 Å². The van der Waals surface area contributed by atoms with Crippen molar-refractivity contribution in [1.82, 2.24) is 25.8 Å². The van der Waals surface area contributed by atoms with E-state index in [1.807, 2.05) is 30.3 Å². The van der Waals surface area contributed by atoms with Gasteiger partial charge in [0.25, 0.3) is 5.91 Å². The van der Waals surface area contributed by atoms with Crippen LogP contribution in [0.2, 0.25) is 0 Å². The van der Waals surface area contributed by atoms with Gasteiger partial charge in [-0.25, -0.2) is 0 Å². The third kappa shape index (κ3) is 4.48. The average Bonchev–Trinajstić information content (AvgIpc) is 3.35. The summed E-state index contributed by atoms with van der Waals surface area (Å²) in [6.07, 6.45) is 7.65. The summed E-state index contributed by atoms with van der Waals surface area (Å²) in [7, 11) is 0. The third-order valence-corrected chi connectivity index (χ3v) is 6.24. The van der Waals surface area contributed by atoms with Crippen molar-refractivity contribution in [2.45, 2.75) is 31.2 Å². The molecular formula is C26H25N5O2. The number of rotatable bonds is 6. The molecule has 2 heterocycles. The van der Waals surface area contributed by atoms with Gasteiger partial charge in [0.2, 0.25) is 5.91 Å². The monoisotopic (exact) mass is 439 g/mol. The van der Waals surface area contributed by atoms with Gasteiger partial charge in [0.05, 0.1) is 29.4 Å². The van der Waals surface area contributed by atoms with Crippen LogP contribution in [0, 0.1) is 0 Å². The fraction of sp³-hybridized carbons (Fsp3) is 0.231. The SMILES string of the molecule is O=C(NC(CNC(=O)C1CCCc2cn[nH]c21)c1ccc2ccccc2c1)c1cccnc1. The van der Waals surface area contributed by atoms with Crippen LogP contribution in [0.5, 0.6) is 0 Å². The molecule has 2 atom stereocenters. The minimum atomic E-state index is -0.393. The van der Waals surface area contributed by atoms with E-state index in [0.29, 0.717) is 5.56 Å². The second kappa shape index (κ2) is 9.24. The molecule has 1 aliphatic rings. The molecule has 7 heteroatoms. The summed E-state index contributed by atoms with van der Waals surface area (Å²) in [5, 5.41) is 15.5. The molecule has 0 spiro atoms. The lowest BCUT2D eigenvalue weighted by atomic mass is 9.87. The molecule has 1 aliphatic carbocycles. The Bertz CT molecular complexity index is 1280. The van der Waals surface area contributed by atoms with Gasteiger partial charge in [-0.15, -0.1) is 0 Å². The highest BCUT2D eigenvalue weighted by Gasteiger charge is 2.29. The van der Waals surface area contributed by atoms with Gasteiger partial charge in [0.1, 0.15) is 0 Å². The molecule has 0 radical (unpaired) electrons. The van der Waals surface area contributed by atoms with Crippen LogP contribution in [0.15, 0.2) is 73.2 Å². The van der Waals surface area contributed by atoms with Crippen molar-refractivity contribution in [3.63, 3.8) is 0 Å². The summed E-state index contributed by atoms with van der Waals surface area (Å²) in [4.78, 5) is 30.0. The topological polar surface area (TPSA) is 99.8 Å². The summed E-state index contributed by atoms with van der Waals surface area (Å²) in [5.74, 6) is -0.534. The number of nitrogens with zero attached hydrogens (tertiary/aromatic N) is 2. The van der Waals surface area contributed by atoms with Gasteiger partial charge in [0.15, 0.2) is 0 Å². The number of carbonyl (C=O) groups excluding carboxylic acids is 2. The summed E-state index contributed by atoms with van der Waals surface area (Å²) in [6, 6.07) is 17.2. The molecule has 0 fully saturated rings. The first kappa shape index (κ1) is 20.9. The van der Waals surface area contributed by atoms with E-state index in [1.165, 1.54) is 6.20 Å². The average molecular weight is 440 g/mol. The molecule has 0 saturated heterocycles. The number of aromatic nitrogens is 3. The van der Waals surface area contributed by atoms with Gasteiger partial charge in [0, 0.05) is 18.9 Å². The van der Waals surface area contributed by atoms with Gasteiger partial charge in [-0.05, 0) is 59.4 Å². The zero-order valence-corrected chi connectivity index (χ0v) is 18.1. The minimum Gasteiger partial charge on any atom is -0.353 e. The number of H-pyrrole nitrogens is 1. The van der Waals surface area contributed by atoms with E-state index < -0.39 is 6.04 Å². The third-order valence-electron chi connectivity index (χ3n) is 6.24. The van der Waals surface area contributed by atoms with Crippen LogP contribution in [-0.4, -0.2) is 33.5 Å². The quantitative estimate of drug-likeness (QED) is 0.427. The molecule has 5 rings (SSSR count). The predicted molar refractivity (Wildman–Crippen MR) is 126 cm³/mol. The normalized spacial score (nSPS) is 16.1. The summed E-state index contributed by atoms with van der Waals surface area (Å²) in [5.41, 5.74) is 3.42. The molecule has 166 valence electrons. The summed E-state index contributed by atoms with van der Waals surface area (Å²) >= 11 is 0. The molecule has 33 heavy (non-hydrogen) atoms. The summed E-state index contributed by atoms with van der Waals surface area (Å²) < 4.78 is 0. The molecule has 2 aromatic carbocycles. The van der Waals surface area contributed by atoms with Gasteiger partial charge in [-0.3, -0.25) is 19.7 Å². The van der Waals surface area contributed by atoms with Crippen molar-refractivity contribution in [2.24, 2.45) is 0 Å². The smallest absolute Gasteiger partial charge is 0.253 e. The second-order valence-electron chi connectivity index (χ2n) is 8.37. The van der Waals surface area contributed by atoms with E-state index in [9.17, 15) is 9.59 Å². The van der Waals surface area contributed by atoms with Crippen LogP contribution in [0.25, 0.3) is 10.8 Å². The number of fused-ring (bicyclic) bond motifs is 2. The largest absolute Gasteiger partial charge is 0.353 e. The Hall–Kier alpha value is -4.00. The Balaban J connectivity index is 1.37. The Labute approximate surface area is 191 Å². The van der Waals surface area contributed by atoms with Crippen molar-refractivity contribution < 1.29 is 9.59 Å². The van der Waals surface area contributed by atoms with E-state index in [2.05, 4.69) is 37.9 Å². The Morgan fingerprint density at radius 3 is 2.79 bits per heavy atom. The van der Waals surface area contributed by atoms with E-state index in [1.54, 1.807) is 24.5 Å². The lowest BCUT2D eigenvalue weighted by molar-refractivity contribution is -0.123. The van der Waals surface area contributed by atoms with Gasteiger partial charge < -0.3 is 10.6 Å². The Morgan fingerprint density at radius 1 is 1.06 bits per heavy atom. The first-order valence-electron chi connectivity index (χ1n) is 11.2. The number of aryl methyl sites for hydroxylation is 1. The van der Waals surface area contributed by atoms with Crippen LogP contribution < -0.4 is 10.6 Å². The lowest BCUT2D eigenvalue weighted by Gasteiger charge is -2.24. The second-order valence-corrected chi connectivity index (χ2v) is 8.37. The number of carbonyl (C=O) groups is 2. The number of amides is 2. The van der Waals surface area contributed by atoms with E-state index in [0.717, 1.165) is 46.9 Å². The molecule has 3 N–H and O–H groups in total. The minimum absolute atomic E-state index is 0.0541. The molecule has 7 nitrogen and oxygen atoms in total. The number of hydrogen-bond donors (Lipinski definition) is 3. The predicted octanol–water partition coefficient (Wildman–Crippen LogP) is 3.67. The highest BCUT2D eigenvalue weighted by molar-refractivity contribution is 5.94. The molecule has 2 aromatic heterocycles. The van der Waals surface area contributed by atoms with Crippen molar-refractivity contribution in [3.8, 4) is 0 Å². The van der Waals surface area contributed by atoms with Crippen LogP contribution in [0.4, 0.5) is 0 Å². The van der Waals surface area contributed by atoms with Crippen molar-refractivity contribution in [1.29, 1.82) is 0 Å². The molecule has 0 saturated carbocycles. The van der Waals surface area contributed by atoms with E-state index in [4.69, 9.17) is 0 Å². The number of pyridine rings is 1. The van der Waals surface area contributed by atoms with Crippen molar-refractivity contribution >= 4 is 22.6 Å². The first-order valence-corrected chi connectivity index (χ1v) is 11.2. The zero-order valence-electron chi connectivity index (χ0n) is 18.1. The number of nitrogens with one attached hydrogen (secondary N) is 3. The number of benzene rings is 2. The van der Waals surface area contributed by atoms with Crippen LogP contribution in [0.3, 0.4) is 0 Å². The summed E-state index contributed by atoms with van der Waals surface area (Å²) in [6.45, 7) is 0.281. The Morgan fingerprint density at radius 2 is 1.94 bits per heavy atom. The van der Waals surface area contributed by atoms with Gasteiger partial charge >= 0.3 is 0 Å². The highest BCUT2D eigenvalue weighted by Crippen LogP contribution is 2.30. The maximum Gasteiger partial charge on any atom is 0.253 e. The van der Waals surface area contributed by atoms with E-state index in [-0.39, 0.29) is 24.3 Å². The maximum atomic E-state index is 13.1. The Kier molecular flexibility index (Phi) is 5.85. The van der Waals surface area contributed by atoms with Crippen molar-refractivity contribution in [3.05, 3.63) is 95.6 Å².